The van der Waals surface area contributed by atoms with E-state index in [2.05, 4.69) is 15.3 Å². The highest BCUT2D eigenvalue weighted by Gasteiger charge is 2.21. The van der Waals surface area contributed by atoms with E-state index in [4.69, 9.17) is 0 Å². The Morgan fingerprint density at radius 1 is 1.17 bits per heavy atom. The second-order valence-electron chi connectivity index (χ2n) is 6.35. The quantitative estimate of drug-likeness (QED) is 0.847. The van der Waals surface area contributed by atoms with Crippen LogP contribution in [-0.4, -0.2) is 40.4 Å². The van der Waals surface area contributed by atoms with Crippen LogP contribution in [0.1, 0.15) is 24.0 Å². The summed E-state index contributed by atoms with van der Waals surface area (Å²) in [5.41, 5.74) is 2.24. The average molecular weight is 324 g/mol. The molecule has 1 saturated heterocycles. The van der Waals surface area contributed by atoms with E-state index in [0.29, 0.717) is 18.9 Å². The van der Waals surface area contributed by atoms with Crippen molar-refractivity contribution in [2.45, 2.75) is 25.8 Å². The van der Waals surface area contributed by atoms with Gasteiger partial charge in [0.25, 0.3) is 0 Å². The van der Waals surface area contributed by atoms with Crippen LogP contribution in [0.5, 0.6) is 0 Å². The first-order valence-corrected chi connectivity index (χ1v) is 8.57. The van der Waals surface area contributed by atoms with Gasteiger partial charge in [-0.3, -0.25) is 14.8 Å². The Labute approximate surface area is 143 Å². The predicted molar refractivity (Wildman–Crippen MR) is 93.2 cm³/mol. The summed E-state index contributed by atoms with van der Waals surface area (Å²) in [5, 5.41) is 3.38. The van der Waals surface area contributed by atoms with E-state index in [1.165, 1.54) is 0 Å². The van der Waals surface area contributed by atoms with Gasteiger partial charge >= 0.3 is 0 Å². The van der Waals surface area contributed by atoms with Crippen LogP contribution >= 0.6 is 0 Å². The lowest BCUT2D eigenvalue weighted by Gasteiger charge is -2.25. The maximum absolute atomic E-state index is 12.8. The molecule has 1 fully saturated rings. The molecule has 0 saturated carbocycles. The van der Waals surface area contributed by atoms with E-state index in [0.717, 1.165) is 43.6 Å². The van der Waals surface area contributed by atoms with E-state index in [1.807, 2.05) is 35.4 Å². The topological polar surface area (TPSA) is 58.1 Å². The SMILES string of the molecule is O=C(CCc1ccncc1)N(Cc1cccnc1)CC1CCNC1. The Kier molecular flexibility index (Phi) is 5.90. The molecule has 5 heteroatoms. The van der Waals surface area contributed by atoms with Gasteiger partial charge in [-0.25, -0.2) is 0 Å². The first kappa shape index (κ1) is 16.6. The molecule has 3 heterocycles. The number of pyridine rings is 2. The third-order valence-corrected chi connectivity index (χ3v) is 4.47. The molecule has 126 valence electrons. The number of nitrogens with one attached hydrogen (secondary N) is 1. The lowest BCUT2D eigenvalue weighted by Crippen LogP contribution is -2.35. The monoisotopic (exact) mass is 324 g/mol. The van der Waals surface area contributed by atoms with Gasteiger partial charge in [-0.2, -0.15) is 0 Å². The van der Waals surface area contributed by atoms with E-state index >= 15 is 0 Å². The number of aromatic nitrogens is 2. The molecule has 2 aromatic rings. The van der Waals surface area contributed by atoms with Crippen LogP contribution in [0.15, 0.2) is 49.1 Å². The summed E-state index contributed by atoms with van der Waals surface area (Å²) in [6.07, 6.45) is 9.59. The van der Waals surface area contributed by atoms with E-state index in [-0.39, 0.29) is 5.91 Å². The molecular formula is C19H24N4O. The predicted octanol–water partition coefficient (Wildman–Crippen LogP) is 2.05. The van der Waals surface area contributed by atoms with Crippen molar-refractivity contribution in [3.05, 3.63) is 60.2 Å². The number of nitrogens with zero attached hydrogens (tertiary/aromatic N) is 3. The molecule has 1 atom stereocenters. The standard InChI is InChI=1S/C19H24N4O/c24-19(4-3-16-5-9-20-10-6-16)23(15-18-7-11-22-13-18)14-17-2-1-8-21-12-17/h1-2,5-6,8-10,12,18,22H,3-4,7,11,13-15H2. The third-order valence-electron chi connectivity index (χ3n) is 4.47. The largest absolute Gasteiger partial charge is 0.338 e. The van der Waals surface area contributed by atoms with Gasteiger partial charge in [-0.1, -0.05) is 6.07 Å². The van der Waals surface area contributed by atoms with Crippen LogP contribution in [0.2, 0.25) is 0 Å². The fourth-order valence-electron chi connectivity index (χ4n) is 3.11. The van der Waals surface area contributed by atoms with Crippen LogP contribution in [0, 0.1) is 5.92 Å². The van der Waals surface area contributed by atoms with Crippen LogP contribution in [0.3, 0.4) is 0 Å². The molecule has 2 aromatic heterocycles. The van der Waals surface area contributed by atoms with Crippen molar-refractivity contribution < 1.29 is 4.79 Å². The van der Waals surface area contributed by atoms with Gasteiger partial charge in [-0.05, 0) is 61.2 Å². The average Bonchev–Trinajstić information content (AvgIpc) is 3.14. The molecule has 1 aliphatic rings. The maximum atomic E-state index is 12.8. The second kappa shape index (κ2) is 8.55. The molecule has 0 aliphatic carbocycles. The Balaban J connectivity index is 1.62. The summed E-state index contributed by atoms with van der Waals surface area (Å²) in [4.78, 5) is 23.0. The molecular weight excluding hydrogens is 300 g/mol. The summed E-state index contributed by atoms with van der Waals surface area (Å²) < 4.78 is 0. The summed E-state index contributed by atoms with van der Waals surface area (Å²) in [7, 11) is 0. The van der Waals surface area contributed by atoms with E-state index in [1.54, 1.807) is 18.6 Å². The minimum Gasteiger partial charge on any atom is -0.338 e. The van der Waals surface area contributed by atoms with Gasteiger partial charge in [0.2, 0.25) is 5.91 Å². The van der Waals surface area contributed by atoms with E-state index < -0.39 is 0 Å². The van der Waals surface area contributed by atoms with Crippen molar-refractivity contribution in [1.82, 2.24) is 20.2 Å². The van der Waals surface area contributed by atoms with Crippen LogP contribution in [-0.2, 0) is 17.8 Å². The number of hydrogen-bond donors (Lipinski definition) is 1. The zero-order valence-corrected chi connectivity index (χ0v) is 13.9. The summed E-state index contributed by atoms with van der Waals surface area (Å²) in [6.45, 7) is 3.51. The Morgan fingerprint density at radius 3 is 2.75 bits per heavy atom. The molecule has 0 bridgehead atoms. The highest BCUT2D eigenvalue weighted by Crippen LogP contribution is 2.14. The highest BCUT2D eigenvalue weighted by atomic mass is 16.2. The molecule has 1 aliphatic heterocycles. The van der Waals surface area contributed by atoms with Crippen LogP contribution < -0.4 is 5.32 Å². The Hall–Kier alpha value is -2.27. The summed E-state index contributed by atoms with van der Waals surface area (Å²) in [6, 6.07) is 7.90. The lowest BCUT2D eigenvalue weighted by molar-refractivity contribution is -0.132. The zero-order chi connectivity index (χ0) is 16.6. The molecule has 1 amide bonds. The second-order valence-corrected chi connectivity index (χ2v) is 6.35. The zero-order valence-electron chi connectivity index (χ0n) is 13.9. The van der Waals surface area contributed by atoms with Crippen molar-refractivity contribution in [3.8, 4) is 0 Å². The van der Waals surface area contributed by atoms with Gasteiger partial charge in [0.1, 0.15) is 0 Å². The molecule has 24 heavy (non-hydrogen) atoms. The normalized spacial score (nSPS) is 16.9. The minimum atomic E-state index is 0.211. The molecule has 3 rings (SSSR count). The minimum absolute atomic E-state index is 0.211. The fourth-order valence-corrected chi connectivity index (χ4v) is 3.11. The van der Waals surface area contributed by atoms with Crippen LogP contribution in [0.25, 0.3) is 0 Å². The van der Waals surface area contributed by atoms with Gasteiger partial charge in [-0.15, -0.1) is 0 Å². The number of carbonyl (C=O) groups is 1. The number of amides is 1. The Morgan fingerprint density at radius 2 is 2.04 bits per heavy atom. The molecule has 0 aromatic carbocycles. The van der Waals surface area contributed by atoms with Gasteiger partial charge in [0.15, 0.2) is 0 Å². The number of aryl methyl sites for hydroxylation is 1. The van der Waals surface area contributed by atoms with Gasteiger partial charge in [0.05, 0.1) is 0 Å². The Bertz CT molecular complexity index is 626. The van der Waals surface area contributed by atoms with Crippen molar-refractivity contribution in [2.75, 3.05) is 19.6 Å². The van der Waals surface area contributed by atoms with Gasteiger partial charge < -0.3 is 10.2 Å². The van der Waals surface area contributed by atoms with Crippen molar-refractivity contribution >= 4 is 5.91 Å². The molecule has 0 spiro atoms. The van der Waals surface area contributed by atoms with Crippen molar-refractivity contribution in [2.24, 2.45) is 5.92 Å². The smallest absolute Gasteiger partial charge is 0.223 e. The van der Waals surface area contributed by atoms with Crippen molar-refractivity contribution in [1.29, 1.82) is 0 Å². The maximum Gasteiger partial charge on any atom is 0.223 e. The molecule has 5 nitrogen and oxygen atoms in total. The number of hydrogen-bond acceptors (Lipinski definition) is 4. The lowest BCUT2D eigenvalue weighted by atomic mass is 10.1. The third kappa shape index (κ3) is 4.86. The first-order chi connectivity index (χ1) is 11.8. The molecule has 1 unspecified atom stereocenters. The number of rotatable bonds is 7. The molecule has 0 radical (unpaired) electrons. The number of carbonyl (C=O) groups excluding carboxylic acids is 1. The first-order valence-electron chi connectivity index (χ1n) is 8.57. The summed E-state index contributed by atoms with van der Waals surface area (Å²) in [5.74, 6) is 0.758. The summed E-state index contributed by atoms with van der Waals surface area (Å²) >= 11 is 0. The fraction of sp³-hybridized carbons (Fsp3) is 0.421. The van der Waals surface area contributed by atoms with E-state index in [9.17, 15) is 4.79 Å². The van der Waals surface area contributed by atoms with Gasteiger partial charge in [0, 0.05) is 44.3 Å². The van der Waals surface area contributed by atoms with Crippen molar-refractivity contribution in [3.63, 3.8) is 0 Å². The molecule has 1 N–H and O–H groups in total. The van der Waals surface area contributed by atoms with Crippen LogP contribution in [0.4, 0.5) is 0 Å². The highest BCUT2D eigenvalue weighted by molar-refractivity contribution is 5.76.